The third-order valence-electron chi connectivity index (χ3n) is 2.76. The molecule has 0 spiro atoms. The van der Waals surface area contributed by atoms with Gasteiger partial charge in [0.15, 0.2) is 9.84 Å². The highest BCUT2D eigenvalue weighted by Crippen LogP contribution is 2.20. The van der Waals surface area contributed by atoms with Crippen LogP contribution in [0.1, 0.15) is 12.8 Å². The molecule has 0 aliphatic rings. The molecule has 7 heteroatoms. The maximum absolute atomic E-state index is 11.4. The van der Waals surface area contributed by atoms with Crippen LogP contribution in [-0.4, -0.2) is 38.0 Å². The molecular formula is C13H17N3O3S. The standard InChI is InChI=1S/C13H17N3O3S/c1-3-14-9-8-12-15-16-13(19-12)10-4-6-11(7-5-10)20(2,17)18/h4-7,14H,3,8-9H2,1-2H3. The molecule has 0 radical (unpaired) electrons. The molecule has 0 atom stereocenters. The van der Waals surface area contributed by atoms with E-state index in [1.807, 2.05) is 6.92 Å². The zero-order chi connectivity index (χ0) is 14.6. The van der Waals surface area contributed by atoms with Crippen molar-refractivity contribution in [2.45, 2.75) is 18.2 Å². The summed E-state index contributed by atoms with van der Waals surface area (Å²) in [5.41, 5.74) is 0.708. The van der Waals surface area contributed by atoms with Crippen LogP contribution in [0, 0.1) is 0 Å². The SMILES string of the molecule is CCNCCc1nnc(-c2ccc(S(C)(=O)=O)cc2)o1. The van der Waals surface area contributed by atoms with E-state index in [-0.39, 0.29) is 4.90 Å². The normalized spacial score (nSPS) is 11.7. The lowest BCUT2D eigenvalue weighted by atomic mass is 10.2. The van der Waals surface area contributed by atoms with Crippen LogP contribution in [0.3, 0.4) is 0 Å². The third-order valence-corrected chi connectivity index (χ3v) is 3.89. The molecule has 0 aliphatic heterocycles. The molecule has 1 N–H and O–H groups in total. The summed E-state index contributed by atoms with van der Waals surface area (Å²) in [6.07, 6.45) is 1.84. The zero-order valence-electron chi connectivity index (χ0n) is 11.5. The number of nitrogens with zero attached hydrogens (tertiary/aromatic N) is 2. The Morgan fingerprint density at radius 1 is 1.20 bits per heavy atom. The first-order valence-corrected chi connectivity index (χ1v) is 8.23. The molecule has 0 unspecified atom stereocenters. The molecule has 2 aromatic rings. The van der Waals surface area contributed by atoms with Crippen molar-refractivity contribution in [1.29, 1.82) is 0 Å². The smallest absolute Gasteiger partial charge is 0.247 e. The molecule has 1 heterocycles. The van der Waals surface area contributed by atoms with Crippen molar-refractivity contribution >= 4 is 9.84 Å². The molecule has 0 saturated carbocycles. The average molecular weight is 295 g/mol. The number of nitrogens with one attached hydrogen (secondary N) is 1. The maximum atomic E-state index is 11.4. The second-order valence-corrected chi connectivity index (χ2v) is 6.42. The number of rotatable bonds is 6. The molecule has 1 aromatic carbocycles. The zero-order valence-corrected chi connectivity index (χ0v) is 12.3. The first-order valence-electron chi connectivity index (χ1n) is 6.34. The van der Waals surface area contributed by atoms with Crippen LogP contribution >= 0.6 is 0 Å². The van der Waals surface area contributed by atoms with Crippen molar-refractivity contribution in [3.8, 4) is 11.5 Å². The van der Waals surface area contributed by atoms with Crippen LogP contribution in [0.25, 0.3) is 11.5 Å². The molecule has 0 fully saturated rings. The quantitative estimate of drug-likeness (QED) is 0.808. The van der Waals surface area contributed by atoms with Crippen LogP contribution in [-0.2, 0) is 16.3 Å². The predicted molar refractivity (Wildman–Crippen MR) is 75.1 cm³/mol. The summed E-state index contributed by atoms with van der Waals surface area (Å²) in [7, 11) is -3.19. The lowest BCUT2D eigenvalue weighted by Crippen LogP contribution is -2.16. The molecule has 0 amide bonds. The van der Waals surface area contributed by atoms with Crippen molar-refractivity contribution in [2.75, 3.05) is 19.3 Å². The van der Waals surface area contributed by atoms with Gasteiger partial charge in [-0.25, -0.2) is 8.42 Å². The molecule has 2 rings (SSSR count). The molecular weight excluding hydrogens is 278 g/mol. The van der Waals surface area contributed by atoms with E-state index in [0.717, 1.165) is 13.1 Å². The van der Waals surface area contributed by atoms with Gasteiger partial charge in [-0.3, -0.25) is 0 Å². The Kier molecular flexibility index (Phi) is 4.51. The van der Waals surface area contributed by atoms with E-state index in [1.54, 1.807) is 12.1 Å². The molecule has 20 heavy (non-hydrogen) atoms. The summed E-state index contributed by atoms with van der Waals surface area (Å²) in [6.45, 7) is 3.71. The monoisotopic (exact) mass is 295 g/mol. The highest BCUT2D eigenvalue weighted by molar-refractivity contribution is 7.90. The molecule has 6 nitrogen and oxygen atoms in total. The second kappa shape index (κ2) is 6.15. The van der Waals surface area contributed by atoms with Crippen molar-refractivity contribution in [2.24, 2.45) is 0 Å². The van der Waals surface area contributed by atoms with Gasteiger partial charge in [0.1, 0.15) is 0 Å². The number of benzene rings is 1. The Bertz CT molecular complexity index is 662. The molecule has 1 aromatic heterocycles. The Labute approximate surface area is 118 Å². The van der Waals surface area contributed by atoms with Crippen LogP contribution < -0.4 is 5.32 Å². The van der Waals surface area contributed by atoms with Crippen molar-refractivity contribution < 1.29 is 12.8 Å². The van der Waals surface area contributed by atoms with Crippen LogP contribution in [0.4, 0.5) is 0 Å². The topological polar surface area (TPSA) is 85.1 Å². The molecule has 108 valence electrons. The Balaban J connectivity index is 2.12. The first kappa shape index (κ1) is 14.7. The van der Waals surface area contributed by atoms with Gasteiger partial charge in [0.25, 0.3) is 0 Å². The summed E-state index contributed by atoms with van der Waals surface area (Å²) in [6, 6.07) is 6.40. The second-order valence-electron chi connectivity index (χ2n) is 4.40. The lowest BCUT2D eigenvalue weighted by Gasteiger charge is -1.99. The van der Waals surface area contributed by atoms with Gasteiger partial charge < -0.3 is 9.73 Å². The van der Waals surface area contributed by atoms with E-state index in [2.05, 4.69) is 15.5 Å². The van der Waals surface area contributed by atoms with E-state index in [9.17, 15) is 8.42 Å². The largest absolute Gasteiger partial charge is 0.421 e. The van der Waals surface area contributed by atoms with Gasteiger partial charge in [0.05, 0.1) is 4.90 Å². The number of aromatic nitrogens is 2. The summed E-state index contributed by atoms with van der Waals surface area (Å²) in [5.74, 6) is 0.963. The number of likely N-dealkylation sites (N-methyl/N-ethyl adjacent to an activating group) is 1. The summed E-state index contributed by atoms with van der Waals surface area (Å²) >= 11 is 0. The summed E-state index contributed by atoms with van der Waals surface area (Å²) < 4.78 is 28.3. The Morgan fingerprint density at radius 3 is 2.50 bits per heavy atom. The van der Waals surface area contributed by atoms with Crippen LogP contribution in [0.15, 0.2) is 33.6 Å². The summed E-state index contributed by atoms with van der Waals surface area (Å²) in [4.78, 5) is 0.271. The Morgan fingerprint density at radius 2 is 1.90 bits per heavy atom. The van der Waals surface area contributed by atoms with E-state index >= 15 is 0 Å². The van der Waals surface area contributed by atoms with Gasteiger partial charge in [-0.05, 0) is 30.8 Å². The first-order chi connectivity index (χ1) is 9.50. The fourth-order valence-electron chi connectivity index (χ4n) is 1.69. The van der Waals surface area contributed by atoms with Crippen LogP contribution in [0.2, 0.25) is 0 Å². The van der Waals surface area contributed by atoms with Crippen molar-refractivity contribution in [3.05, 3.63) is 30.2 Å². The minimum atomic E-state index is -3.19. The van der Waals surface area contributed by atoms with E-state index in [1.165, 1.54) is 18.4 Å². The molecule has 0 aliphatic carbocycles. The van der Waals surface area contributed by atoms with Gasteiger partial charge in [0, 0.05) is 24.8 Å². The minimum absolute atomic E-state index is 0.271. The van der Waals surface area contributed by atoms with Crippen molar-refractivity contribution in [1.82, 2.24) is 15.5 Å². The highest BCUT2D eigenvalue weighted by atomic mass is 32.2. The number of sulfone groups is 1. The fraction of sp³-hybridized carbons (Fsp3) is 0.385. The minimum Gasteiger partial charge on any atom is -0.421 e. The molecule has 0 saturated heterocycles. The van der Waals surface area contributed by atoms with E-state index < -0.39 is 9.84 Å². The lowest BCUT2D eigenvalue weighted by molar-refractivity contribution is 0.496. The number of hydrogen-bond acceptors (Lipinski definition) is 6. The highest BCUT2D eigenvalue weighted by Gasteiger charge is 2.11. The summed E-state index contributed by atoms with van der Waals surface area (Å²) in [5, 5.41) is 11.1. The average Bonchev–Trinajstić information content (AvgIpc) is 2.87. The van der Waals surface area contributed by atoms with Crippen LogP contribution in [0.5, 0.6) is 0 Å². The van der Waals surface area contributed by atoms with E-state index in [4.69, 9.17) is 4.42 Å². The van der Waals surface area contributed by atoms with Gasteiger partial charge in [0.2, 0.25) is 11.8 Å². The van der Waals surface area contributed by atoms with Gasteiger partial charge in [-0.1, -0.05) is 6.92 Å². The van der Waals surface area contributed by atoms with Gasteiger partial charge in [-0.15, -0.1) is 10.2 Å². The Hall–Kier alpha value is -1.73. The maximum Gasteiger partial charge on any atom is 0.247 e. The molecule has 0 bridgehead atoms. The predicted octanol–water partition coefficient (Wildman–Crippen LogP) is 1.29. The van der Waals surface area contributed by atoms with Crippen molar-refractivity contribution in [3.63, 3.8) is 0 Å². The fourth-order valence-corrected chi connectivity index (χ4v) is 2.32. The van der Waals surface area contributed by atoms with Gasteiger partial charge in [-0.2, -0.15) is 0 Å². The van der Waals surface area contributed by atoms with Gasteiger partial charge >= 0.3 is 0 Å². The number of hydrogen-bond donors (Lipinski definition) is 1. The third kappa shape index (κ3) is 3.64. The van der Waals surface area contributed by atoms with E-state index in [0.29, 0.717) is 23.8 Å².